The van der Waals surface area contributed by atoms with E-state index >= 15 is 0 Å². The summed E-state index contributed by atoms with van der Waals surface area (Å²) in [6.07, 6.45) is 12.8. The third-order valence-corrected chi connectivity index (χ3v) is 5.61. The van der Waals surface area contributed by atoms with Crippen molar-refractivity contribution < 1.29 is 17.5 Å². The zero-order valence-electron chi connectivity index (χ0n) is 18.6. The van der Waals surface area contributed by atoms with Gasteiger partial charge in [-0.15, -0.1) is 5.10 Å². The summed E-state index contributed by atoms with van der Waals surface area (Å²) in [6.45, 7) is 6.17. The van der Waals surface area contributed by atoms with Crippen molar-refractivity contribution >= 4 is 10.1 Å². The normalized spacial score (nSPS) is 16.0. The molecule has 1 aliphatic heterocycles. The van der Waals surface area contributed by atoms with Crippen molar-refractivity contribution in [1.29, 1.82) is 0 Å². The maximum Gasteiger partial charge on any atom is 0.0916 e. The summed E-state index contributed by atoms with van der Waals surface area (Å²) >= 11 is 0. The van der Waals surface area contributed by atoms with Crippen molar-refractivity contribution in [2.24, 2.45) is 0 Å². The predicted molar refractivity (Wildman–Crippen MR) is 119 cm³/mol. The minimum absolute atomic E-state index is 0.604. The molecule has 8 heteroatoms. The van der Waals surface area contributed by atoms with Crippen LogP contribution in [0.1, 0.15) is 56.7 Å². The molecule has 0 unspecified atom stereocenters. The molecule has 2 heterocycles. The summed E-state index contributed by atoms with van der Waals surface area (Å²) in [5.41, 5.74) is 3.63. The van der Waals surface area contributed by atoms with Crippen LogP contribution in [-0.2, 0) is 23.0 Å². The van der Waals surface area contributed by atoms with Gasteiger partial charge in [0.05, 0.1) is 54.4 Å². The number of benzene rings is 1. The van der Waals surface area contributed by atoms with Gasteiger partial charge in [-0.3, -0.25) is 0 Å². The van der Waals surface area contributed by atoms with Crippen LogP contribution in [0.15, 0.2) is 30.5 Å². The molecule has 2 aromatic rings. The maximum absolute atomic E-state index is 9.08. The minimum atomic E-state index is -3.92. The van der Waals surface area contributed by atoms with Crippen molar-refractivity contribution in [2.45, 2.75) is 58.3 Å². The van der Waals surface area contributed by atoms with Gasteiger partial charge in [0, 0.05) is 12.7 Å². The molecule has 0 bridgehead atoms. The van der Waals surface area contributed by atoms with Crippen LogP contribution >= 0.6 is 0 Å². The van der Waals surface area contributed by atoms with E-state index in [2.05, 4.69) is 54.7 Å². The van der Waals surface area contributed by atoms with Crippen molar-refractivity contribution in [3.8, 4) is 5.69 Å². The summed E-state index contributed by atoms with van der Waals surface area (Å²) in [7, 11) is -1.50. The maximum atomic E-state index is 9.08. The molecule has 168 valence electrons. The van der Waals surface area contributed by atoms with Crippen LogP contribution in [0.2, 0.25) is 0 Å². The van der Waals surface area contributed by atoms with Crippen molar-refractivity contribution in [3.05, 3.63) is 41.7 Å². The molecule has 1 aromatic carbocycles. The Kier molecular flexibility index (Phi) is 9.45. The molecule has 1 saturated heterocycles. The average molecular weight is 437 g/mol. The Balaban J connectivity index is 0.000000575. The lowest BCUT2D eigenvalue weighted by atomic mass is 10.1. The number of likely N-dealkylation sites (tertiary alicyclic amines) is 1. The Bertz CT molecular complexity index is 849. The minimum Gasteiger partial charge on any atom is -0.748 e. The van der Waals surface area contributed by atoms with Crippen LogP contribution < -0.4 is 0 Å². The Morgan fingerprint density at radius 2 is 1.70 bits per heavy atom. The zero-order valence-corrected chi connectivity index (χ0v) is 19.4. The Labute approximate surface area is 181 Å². The molecule has 1 aliphatic rings. The third-order valence-electron chi connectivity index (χ3n) is 5.61. The van der Waals surface area contributed by atoms with E-state index in [1.165, 1.54) is 68.2 Å². The first kappa shape index (κ1) is 24.5. The van der Waals surface area contributed by atoms with Gasteiger partial charge in [-0.2, -0.15) is 0 Å². The fourth-order valence-electron chi connectivity index (χ4n) is 3.81. The fraction of sp³-hybridized carbons (Fsp3) is 0.636. The molecule has 0 aliphatic carbocycles. The van der Waals surface area contributed by atoms with Gasteiger partial charge in [0.25, 0.3) is 0 Å². The molecule has 30 heavy (non-hydrogen) atoms. The number of hydrogen-bond acceptors (Lipinski definition) is 5. The third kappa shape index (κ3) is 9.36. The molecule has 0 spiro atoms. The first-order valence-corrected chi connectivity index (χ1v) is 12.8. The van der Waals surface area contributed by atoms with E-state index in [0.29, 0.717) is 6.26 Å². The number of rotatable bonds is 8. The van der Waals surface area contributed by atoms with E-state index in [4.69, 9.17) is 13.0 Å². The van der Waals surface area contributed by atoms with E-state index in [9.17, 15) is 0 Å². The number of nitrogens with zero attached hydrogens (tertiary/aromatic N) is 4. The molecule has 0 atom stereocenters. The second-order valence-corrected chi connectivity index (χ2v) is 9.99. The fourth-order valence-corrected chi connectivity index (χ4v) is 3.81. The van der Waals surface area contributed by atoms with Crippen LogP contribution in [0, 0.1) is 0 Å². The van der Waals surface area contributed by atoms with Gasteiger partial charge in [0.15, 0.2) is 0 Å². The molecular formula is C22H36N4O3S. The second-order valence-electron chi connectivity index (χ2n) is 8.58. The molecular weight excluding hydrogens is 400 g/mol. The van der Waals surface area contributed by atoms with E-state index in [1.807, 2.05) is 4.68 Å². The first-order chi connectivity index (χ1) is 14.2. The highest BCUT2D eigenvalue weighted by atomic mass is 32.2. The molecule has 0 radical (unpaired) electrons. The molecule has 0 N–H and O–H groups in total. The standard InChI is InChI=1S/C21H33N4.CH4O3S/c1-3-4-6-9-20-18-24(23-22-20)21-12-10-19(11-13-21)14-17-25(2)15-7-5-8-16-25;1-5(2,3)4/h10-13,18H,3-9,14-17H2,1-2H3;1H3,(H,2,3,4)/q+1;/p-1. The summed E-state index contributed by atoms with van der Waals surface area (Å²) in [5.74, 6) is 0. The van der Waals surface area contributed by atoms with Crippen molar-refractivity contribution in [2.75, 3.05) is 32.9 Å². The Hall–Kier alpha value is -1.77. The van der Waals surface area contributed by atoms with Crippen LogP contribution in [0.4, 0.5) is 0 Å². The lowest BCUT2D eigenvalue weighted by Crippen LogP contribution is -2.49. The second kappa shape index (κ2) is 11.6. The molecule has 0 saturated carbocycles. The highest BCUT2D eigenvalue weighted by Gasteiger charge is 2.23. The molecule has 3 rings (SSSR count). The van der Waals surface area contributed by atoms with Crippen LogP contribution in [-0.4, -0.2) is 65.4 Å². The smallest absolute Gasteiger partial charge is 0.0916 e. The predicted octanol–water partition coefficient (Wildman–Crippen LogP) is 3.33. The van der Waals surface area contributed by atoms with E-state index in [1.54, 1.807) is 0 Å². The summed E-state index contributed by atoms with van der Waals surface area (Å²) in [6, 6.07) is 8.86. The first-order valence-electron chi connectivity index (χ1n) is 10.9. The van der Waals surface area contributed by atoms with E-state index in [-0.39, 0.29) is 0 Å². The number of unbranched alkanes of at least 4 members (excludes halogenated alkanes) is 2. The lowest BCUT2D eigenvalue weighted by Gasteiger charge is -2.37. The number of aromatic nitrogens is 3. The number of hydrogen-bond donors (Lipinski definition) is 0. The molecule has 7 nitrogen and oxygen atoms in total. The monoisotopic (exact) mass is 436 g/mol. The van der Waals surface area contributed by atoms with E-state index < -0.39 is 10.1 Å². The summed E-state index contributed by atoms with van der Waals surface area (Å²) in [4.78, 5) is 0. The molecule has 1 fully saturated rings. The molecule has 0 amide bonds. The van der Waals surface area contributed by atoms with Gasteiger partial charge in [-0.1, -0.05) is 37.1 Å². The number of piperidine rings is 1. The van der Waals surface area contributed by atoms with Gasteiger partial charge >= 0.3 is 0 Å². The number of aryl methyl sites for hydroxylation is 1. The largest absolute Gasteiger partial charge is 0.748 e. The number of quaternary nitrogens is 1. The number of likely N-dealkylation sites (N-methyl/N-ethyl adjacent to an activating group) is 1. The summed E-state index contributed by atoms with van der Waals surface area (Å²) in [5, 5.41) is 8.59. The van der Waals surface area contributed by atoms with Gasteiger partial charge in [-0.25, -0.2) is 13.1 Å². The van der Waals surface area contributed by atoms with Crippen LogP contribution in [0.3, 0.4) is 0 Å². The SMILES string of the molecule is CCCCCc1cn(-c2ccc(CC[N+]3(C)CCCCC3)cc2)nn1.CS(=O)(=O)[O-]. The van der Waals surface area contributed by atoms with Crippen LogP contribution in [0.25, 0.3) is 5.69 Å². The van der Waals surface area contributed by atoms with E-state index in [0.717, 1.165) is 24.2 Å². The van der Waals surface area contributed by atoms with Gasteiger partial charge in [0.2, 0.25) is 0 Å². The Morgan fingerprint density at radius 3 is 2.30 bits per heavy atom. The van der Waals surface area contributed by atoms with Gasteiger partial charge in [-0.05, 0) is 49.8 Å². The highest BCUT2D eigenvalue weighted by Crippen LogP contribution is 2.18. The van der Waals surface area contributed by atoms with Crippen molar-refractivity contribution in [3.63, 3.8) is 0 Å². The van der Waals surface area contributed by atoms with Crippen LogP contribution in [0.5, 0.6) is 0 Å². The summed E-state index contributed by atoms with van der Waals surface area (Å²) < 4.78 is 30.4. The van der Waals surface area contributed by atoms with Gasteiger partial charge < -0.3 is 9.04 Å². The highest BCUT2D eigenvalue weighted by molar-refractivity contribution is 7.84. The quantitative estimate of drug-likeness (QED) is 0.360. The average Bonchev–Trinajstić information content (AvgIpc) is 3.15. The van der Waals surface area contributed by atoms with Gasteiger partial charge in [0.1, 0.15) is 0 Å². The van der Waals surface area contributed by atoms with Crippen molar-refractivity contribution in [1.82, 2.24) is 15.0 Å². The topological polar surface area (TPSA) is 87.9 Å². The Morgan fingerprint density at radius 1 is 1.07 bits per heavy atom. The lowest BCUT2D eigenvalue weighted by molar-refractivity contribution is -0.913. The molecule has 1 aromatic heterocycles. The zero-order chi connectivity index (χ0) is 22.0.